The van der Waals surface area contributed by atoms with Crippen LogP contribution in [0.15, 0.2) is 35.1 Å². The third-order valence-corrected chi connectivity index (χ3v) is 3.00. The van der Waals surface area contributed by atoms with Gasteiger partial charge in [-0.1, -0.05) is 17.7 Å². The molecule has 98 valence electrons. The van der Waals surface area contributed by atoms with Crippen molar-refractivity contribution in [2.45, 2.75) is 13.0 Å². The first-order chi connectivity index (χ1) is 9.15. The molecule has 4 nitrogen and oxygen atoms in total. The standard InChI is InChI=1S/C12H8ClF2N3O/c13-8-2-1-7-3-10(12-17-16-6-19-12)18(5-11(14)15)9(7)4-8/h1-4,6,11H,5H2. The highest BCUT2D eigenvalue weighted by atomic mass is 35.5. The molecule has 0 fully saturated rings. The molecule has 2 aromatic heterocycles. The molecule has 0 amide bonds. The Morgan fingerprint density at radius 1 is 1.32 bits per heavy atom. The summed E-state index contributed by atoms with van der Waals surface area (Å²) in [6, 6.07) is 6.83. The number of hydrogen-bond donors (Lipinski definition) is 0. The van der Waals surface area contributed by atoms with Crippen LogP contribution in [0.25, 0.3) is 22.5 Å². The van der Waals surface area contributed by atoms with E-state index < -0.39 is 13.0 Å². The lowest BCUT2D eigenvalue weighted by Gasteiger charge is -2.07. The molecule has 1 aromatic carbocycles. The van der Waals surface area contributed by atoms with Crippen LogP contribution in [-0.4, -0.2) is 21.2 Å². The molecule has 0 saturated heterocycles. The lowest BCUT2D eigenvalue weighted by atomic mass is 10.2. The van der Waals surface area contributed by atoms with E-state index in [-0.39, 0.29) is 5.89 Å². The zero-order valence-electron chi connectivity index (χ0n) is 9.55. The van der Waals surface area contributed by atoms with E-state index in [4.69, 9.17) is 16.0 Å². The van der Waals surface area contributed by atoms with Crippen LogP contribution >= 0.6 is 11.6 Å². The van der Waals surface area contributed by atoms with Crippen molar-refractivity contribution in [3.05, 3.63) is 35.7 Å². The molecule has 0 aliphatic heterocycles. The zero-order chi connectivity index (χ0) is 13.4. The van der Waals surface area contributed by atoms with Gasteiger partial charge in [-0.2, -0.15) is 0 Å². The minimum Gasteiger partial charge on any atom is -0.422 e. The molecule has 19 heavy (non-hydrogen) atoms. The van der Waals surface area contributed by atoms with Crippen molar-refractivity contribution in [3.8, 4) is 11.6 Å². The van der Waals surface area contributed by atoms with Crippen LogP contribution in [-0.2, 0) is 6.54 Å². The van der Waals surface area contributed by atoms with E-state index >= 15 is 0 Å². The van der Waals surface area contributed by atoms with Crippen LogP contribution in [0.4, 0.5) is 8.78 Å². The Bertz CT molecular complexity index is 709. The van der Waals surface area contributed by atoms with Gasteiger partial charge in [-0.3, -0.25) is 0 Å². The van der Waals surface area contributed by atoms with Gasteiger partial charge in [0, 0.05) is 10.4 Å². The van der Waals surface area contributed by atoms with E-state index in [2.05, 4.69) is 10.2 Å². The molecule has 3 rings (SSSR count). The first kappa shape index (κ1) is 12.1. The van der Waals surface area contributed by atoms with E-state index in [1.165, 1.54) is 4.57 Å². The number of halogens is 3. The molecule has 0 atom stereocenters. The molecule has 3 aromatic rings. The summed E-state index contributed by atoms with van der Waals surface area (Å²) in [5.74, 6) is 0.202. The van der Waals surface area contributed by atoms with Gasteiger partial charge in [0.25, 0.3) is 12.3 Å². The van der Waals surface area contributed by atoms with Gasteiger partial charge in [-0.15, -0.1) is 10.2 Å². The van der Waals surface area contributed by atoms with Crippen molar-refractivity contribution < 1.29 is 13.2 Å². The minimum atomic E-state index is -2.49. The SMILES string of the molecule is FC(F)Cn1c(-c2nnco2)cc2ccc(Cl)cc21. The summed E-state index contributed by atoms with van der Waals surface area (Å²) in [5.41, 5.74) is 1.07. The third kappa shape index (κ3) is 2.19. The minimum absolute atomic E-state index is 0.202. The fraction of sp³-hybridized carbons (Fsp3) is 0.167. The van der Waals surface area contributed by atoms with Crippen molar-refractivity contribution in [1.82, 2.24) is 14.8 Å². The molecule has 0 bridgehead atoms. The van der Waals surface area contributed by atoms with Crippen LogP contribution in [0, 0.1) is 0 Å². The number of rotatable bonds is 3. The third-order valence-electron chi connectivity index (χ3n) is 2.77. The normalized spacial score (nSPS) is 11.6. The van der Waals surface area contributed by atoms with Gasteiger partial charge in [-0.05, 0) is 18.2 Å². The van der Waals surface area contributed by atoms with Crippen LogP contribution < -0.4 is 0 Å². The monoisotopic (exact) mass is 283 g/mol. The molecular formula is C12H8ClF2N3O. The molecule has 0 unspecified atom stereocenters. The fourth-order valence-corrected chi connectivity index (χ4v) is 2.19. The number of nitrogens with zero attached hydrogens (tertiary/aromatic N) is 3. The van der Waals surface area contributed by atoms with Crippen LogP contribution in [0.1, 0.15) is 0 Å². The number of benzene rings is 1. The van der Waals surface area contributed by atoms with Crippen molar-refractivity contribution in [1.29, 1.82) is 0 Å². The van der Waals surface area contributed by atoms with Gasteiger partial charge >= 0.3 is 0 Å². The molecular weight excluding hydrogens is 276 g/mol. The summed E-state index contributed by atoms with van der Waals surface area (Å²) in [7, 11) is 0. The Balaban J connectivity index is 2.25. The van der Waals surface area contributed by atoms with E-state index in [0.29, 0.717) is 16.2 Å². The second-order valence-corrected chi connectivity index (χ2v) is 4.41. The summed E-state index contributed by atoms with van der Waals surface area (Å²) >= 11 is 5.91. The van der Waals surface area contributed by atoms with Crippen molar-refractivity contribution in [3.63, 3.8) is 0 Å². The maximum absolute atomic E-state index is 12.7. The van der Waals surface area contributed by atoms with Crippen molar-refractivity contribution in [2.24, 2.45) is 0 Å². The Morgan fingerprint density at radius 3 is 2.84 bits per heavy atom. The molecule has 0 aliphatic rings. The highest BCUT2D eigenvalue weighted by Crippen LogP contribution is 2.29. The lowest BCUT2D eigenvalue weighted by molar-refractivity contribution is 0.128. The van der Waals surface area contributed by atoms with Gasteiger partial charge in [0.1, 0.15) is 5.69 Å². The van der Waals surface area contributed by atoms with Gasteiger partial charge < -0.3 is 8.98 Å². The fourth-order valence-electron chi connectivity index (χ4n) is 2.02. The number of alkyl halides is 2. The predicted octanol–water partition coefficient (Wildman–Crippen LogP) is 3.61. The molecule has 0 N–H and O–H groups in total. The Hall–Kier alpha value is -1.95. The number of fused-ring (bicyclic) bond motifs is 1. The maximum atomic E-state index is 12.7. The van der Waals surface area contributed by atoms with Crippen LogP contribution in [0.2, 0.25) is 5.02 Å². The van der Waals surface area contributed by atoms with E-state index in [1.54, 1.807) is 24.3 Å². The molecule has 0 aliphatic carbocycles. The van der Waals surface area contributed by atoms with Gasteiger partial charge in [0.15, 0.2) is 0 Å². The molecule has 0 radical (unpaired) electrons. The summed E-state index contributed by atoms with van der Waals surface area (Å²) < 4.78 is 32.0. The average molecular weight is 284 g/mol. The predicted molar refractivity (Wildman–Crippen MR) is 66.2 cm³/mol. The Labute approximate surface area is 111 Å². The van der Waals surface area contributed by atoms with Crippen LogP contribution in [0.5, 0.6) is 0 Å². The lowest BCUT2D eigenvalue weighted by Crippen LogP contribution is -2.07. The van der Waals surface area contributed by atoms with E-state index in [9.17, 15) is 8.78 Å². The second kappa shape index (κ2) is 4.62. The number of hydrogen-bond acceptors (Lipinski definition) is 3. The number of aromatic nitrogens is 3. The Morgan fingerprint density at radius 2 is 2.16 bits per heavy atom. The quantitative estimate of drug-likeness (QED) is 0.737. The van der Waals surface area contributed by atoms with Crippen molar-refractivity contribution in [2.75, 3.05) is 0 Å². The van der Waals surface area contributed by atoms with Crippen LogP contribution in [0.3, 0.4) is 0 Å². The first-order valence-electron chi connectivity index (χ1n) is 5.48. The average Bonchev–Trinajstić information content (AvgIpc) is 2.97. The summed E-state index contributed by atoms with van der Waals surface area (Å²) in [6.07, 6.45) is -1.33. The van der Waals surface area contributed by atoms with Gasteiger partial charge in [0.05, 0.1) is 12.1 Å². The van der Waals surface area contributed by atoms with Gasteiger partial charge in [-0.25, -0.2) is 8.78 Å². The Kier molecular flexibility index (Phi) is 2.94. The highest BCUT2D eigenvalue weighted by molar-refractivity contribution is 6.31. The smallest absolute Gasteiger partial charge is 0.264 e. The first-order valence-corrected chi connectivity index (χ1v) is 5.86. The highest BCUT2D eigenvalue weighted by Gasteiger charge is 2.17. The molecule has 0 spiro atoms. The molecule has 2 heterocycles. The molecule has 7 heteroatoms. The largest absolute Gasteiger partial charge is 0.422 e. The van der Waals surface area contributed by atoms with E-state index in [0.717, 1.165) is 11.8 Å². The summed E-state index contributed by atoms with van der Waals surface area (Å²) in [4.78, 5) is 0. The summed E-state index contributed by atoms with van der Waals surface area (Å²) in [6.45, 7) is -0.457. The van der Waals surface area contributed by atoms with Gasteiger partial charge in [0.2, 0.25) is 6.39 Å². The second-order valence-electron chi connectivity index (χ2n) is 3.98. The topological polar surface area (TPSA) is 43.9 Å². The van der Waals surface area contributed by atoms with Crippen molar-refractivity contribution >= 4 is 22.5 Å². The molecule has 0 saturated carbocycles. The van der Waals surface area contributed by atoms with E-state index in [1.807, 2.05) is 0 Å². The summed E-state index contributed by atoms with van der Waals surface area (Å²) in [5, 5.41) is 8.59. The zero-order valence-corrected chi connectivity index (χ0v) is 10.3. The maximum Gasteiger partial charge on any atom is 0.264 e.